The van der Waals surface area contributed by atoms with Crippen molar-refractivity contribution in [2.45, 2.75) is 25.8 Å². The molecular weight excluding hydrogens is 487 g/mol. The summed E-state index contributed by atoms with van der Waals surface area (Å²) in [6.45, 7) is 1.09. The summed E-state index contributed by atoms with van der Waals surface area (Å²) in [7, 11) is -2.05. The van der Waals surface area contributed by atoms with Crippen molar-refractivity contribution < 1.29 is 18.0 Å². The number of carbonyl (C=O) groups is 2. The van der Waals surface area contributed by atoms with E-state index in [9.17, 15) is 18.0 Å². The summed E-state index contributed by atoms with van der Waals surface area (Å²) in [6, 6.07) is 11.2. The lowest BCUT2D eigenvalue weighted by atomic mass is 10.1. The van der Waals surface area contributed by atoms with E-state index >= 15 is 0 Å². The van der Waals surface area contributed by atoms with Gasteiger partial charge < -0.3 is 16.0 Å². The van der Waals surface area contributed by atoms with Gasteiger partial charge in [-0.15, -0.1) is 0 Å². The van der Waals surface area contributed by atoms with Gasteiger partial charge in [0.1, 0.15) is 0 Å². The van der Waals surface area contributed by atoms with E-state index in [0.29, 0.717) is 39.9 Å². The monoisotopic (exact) mass is 514 g/mol. The van der Waals surface area contributed by atoms with Crippen molar-refractivity contribution >= 4 is 50.9 Å². The summed E-state index contributed by atoms with van der Waals surface area (Å²) >= 11 is 12.3. The normalized spacial score (nSPS) is 11.0. The maximum atomic E-state index is 12.4. The lowest BCUT2D eigenvalue weighted by molar-refractivity contribution is 0.0953. The number of urea groups is 1. The first kappa shape index (κ1) is 26.8. The average Bonchev–Trinajstić information content (AvgIpc) is 2.78. The number of nitrogens with one attached hydrogen (secondary N) is 3. The SMILES string of the molecule is CNC(=O)NCCCCCNC(=O)c1ccc(N(Cc2cccc(Cl)c2Cl)S(C)(=O)=O)cc1. The van der Waals surface area contributed by atoms with E-state index in [-0.39, 0.29) is 18.5 Å². The zero-order valence-corrected chi connectivity index (χ0v) is 20.9. The van der Waals surface area contributed by atoms with Gasteiger partial charge in [0.15, 0.2) is 0 Å². The Kier molecular flexibility index (Phi) is 10.3. The highest BCUT2D eigenvalue weighted by atomic mass is 35.5. The summed E-state index contributed by atoms with van der Waals surface area (Å²) in [5, 5.41) is 8.67. The van der Waals surface area contributed by atoms with Crippen LogP contribution in [0.25, 0.3) is 0 Å². The maximum absolute atomic E-state index is 12.4. The molecule has 180 valence electrons. The first-order valence-electron chi connectivity index (χ1n) is 10.4. The van der Waals surface area contributed by atoms with Crippen molar-refractivity contribution in [3.05, 3.63) is 63.6 Å². The Morgan fingerprint density at radius 3 is 2.18 bits per heavy atom. The maximum Gasteiger partial charge on any atom is 0.314 e. The summed E-state index contributed by atoms with van der Waals surface area (Å²) < 4.78 is 26.0. The Labute approximate surface area is 204 Å². The Morgan fingerprint density at radius 2 is 1.58 bits per heavy atom. The molecule has 0 spiro atoms. The molecule has 11 heteroatoms. The van der Waals surface area contributed by atoms with Crippen molar-refractivity contribution in [2.24, 2.45) is 0 Å². The van der Waals surface area contributed by atoms with Crippen molar-refractivity contribution in [1.29, 1.82) is 0 Å². The minimum absolute atomic E-state index is 0.0124. The number of benzene rings is 2. The van der Waals surface area contributed by atoms with E-state index in [1.807, 2.05) is 0 Å². The van der Waals surface area contributed by atoms with Gasteiger partial charge in [-0.2, -0.15) is 0 Å². The van der Waals surface area contributed by atoms with E-state index in [4.69, 9.17) is 23.2 Å². The van der Waals surface area contributed by atoms with Gasteiger partial charge in [-0.25, -0.2) is 13.2 Å². The minimum Gasteiger partial charge on any atom is -0.352 e. The molecule has 0 aliphatic rings. The number of nitrogens with zero attached hydrogens (tertiary/aromatic N) is 1. The lowest BCUT2D eigenvalue weighted by Crippen LogP contribution is -2.33. The molecule has 33 heavy (non-hydrogen) atoms. The van der Waals surface area contributed by atoms with Crippen LogP contribution in [0.5, 0.6) is 0 Å². The lowest BCUT2D eigenvalue weighted by Gasteiger charge is -2.23. The molecule has 0 bridgehead atoms. The van der Waals surface area contributed by atoms with Gasteiger partial charge in [-0.3, -0.25) is 9.10 Å². The van der Waals surface area contributed by atoms with Crippen LogP contribution in [0.4, 0.5) is 10.5 Å². The molecule has 0 aromatic heterocycles. The first-order chi connectivity index (χ1) is 15.6. The van der Waals surface area contributed by atoms with Crippen LogP contribution in [0, 0.1) is 0 Å². The highest BCUT2D eigenvalue weighted by Crippen LogP contribution is 2.29. The van der Waals surface area contributed by atoms with Gasteiger partial charge in [-0.05, 0) is 55.2 Å². The minimum atomic E-state index is -3.61. The highest BCUT2D eigenvalue weighted by Gasteiger charge is 2.20. The smallest absolute Gasteiger partial charge is 0.314 e. The molecule has 3 N–H and O–H groups in total. The summed E-state index contributed by atoms with van der Waals surface area (Å²) in [4.78, 5) is 23.4. The van der Waals surface area contributed by atoms with Crippen LogP contribution >= 0.6 is 23.2 Å². The van der Waals surface area contributed by atoms with E-state index in [1.54, 1.807) is 49.5 Å². The van der Waals surface area contributed by atoms with Crippen molar-refractivity contribution in [3.8, 4) is 0 Å². The zero-order chi connectivity index (χ0) is 24.4. The molecule has 0 unspecified atom stereocenters. The number of halogens is 2. The molecule has 2 aromatic carbocycles. The van der Waals surface area contributed by atoms with Crippen molar-refractivity contribution in [2.75, 3.05) is 30.7 Å². The molecule has 0 saturated carbocycles. The van der Waals surface area contributed by atoms with Crippen LogP contribution in [0.2, 0.25) is 10.0 Å². The topological polar surface area (TPSA) is 108 Å². The molecule has 0 heterocycles. The number of hydrogen-bond acceptors (Lipinski definition) is 4. The highest BCUT2D eigenvalue weighted by molar-refractivity contribution is 7.92. The summed E-state index contributed by atoms with van der Waals surface area (Å²) in [6.07, 6.45) is 3.56. The Balaban J connectivity index is 1.94. The van der Waals surface area contributed by atoms with Crippen LogP contribution < -0.4 is 20.3 Å². The van der Waals surface area contributed by atoms with Gasteiger partial charge in [-0.1, -0.05) is 35.3 Å². The molecular formula is C22H28Cl2N4O4S. The molecule has 2 rings (SSSR count). The molecule has 3 amide bonds. The van der Waals surface area contributed by atoms with E-state index in [1.165, 1.54) is 4.31 Å². The van der Waals surface area contributed by atoms with Gasteiger partial charge >= 0.3 is 6.03 Å². The summed E-state index contributed by atoms with van der Waals surface area (Å²) in [5.41, 5.74) is 1.41. The standard InChI is InChI=1S/C22H28Cl2N4O4S/c1-25-22(30)27-14-5-3-4-13-26-21(29)16-9-11-18(12-10-16)28(33(2,31)32)15-17-7-6-8-19(23)20(17)24/h6-12H,3-5,13-15H2,1-2H3,(H,26,29)(H2,25,27,30). The van der Waals surface area contributed by atoms with Crippen molar-refractivity contribution in [3.63, 3.8) is 0 Å². The van der Waals surface area contributed by atoms with Crippen LogP contribution in [-0.4, -0.2) is 46.7 Å². The van der Waals surface area contributed by atoms with Gasteiger partial charge in [0.25, 0.3) is 5.91 Å². The number of sulfonamides is 1. The number of amides is 3. The second-order valence-electron chi connectivity index (χ2n) is 7.35. The third-order valence-electron chi connectivity index (χ3n) is 4.82. The molecule has 0 fully saturated rings. The summed E-state index contributed by atoms with van der Waals surface area (Å²) in [5.74, 6) is -0.242. The van der Waals surface area contributed by atoms with Crippen LogP contribution in [-0.2, 0) is 16.6 Å². The third kappa shape index (κ3) is 8.42. The average molecular weight is 515 g/mol. The van der Waals surface area contributed by atoms with Crippen LogP contribution in [0.1, 0.15) is 35.2 Å². The molecule has 0 radical (unpaired) electrons. The zero-order valence-electron chi connectivity index (χ0n) is 18.5. The molecule has 0 saturated heterocycles. The number of rotatable bonds is 11. The van der Waals surface area contributed by atoms with Crippen molar-refractivity contribution in [1.82, 2.24) is 16.0 Å². The van der Waals surface area contributed by atoms with Gasteiger partial charge in [0.05, 0.1) is 28.5 Å². The second kappa shape index (κ2) is 12.7. The molecule has 2 aromatic rings. The molecule has 0 aliphatic carbocycles. The second-order valence-corrected chi connectivity index (χ2v) is 10.0. The predicted octanol–water partition coefficient (Wildman–Crippen LogP) is 3.79. The molecule has 8 nitrogen and oxygen atoms in total. The van der Waals surface area contributed by atoms with E-state index in [0.717, 1.165) is 25.5 Å². The Hall–Kier alpha value is -2.49. The number of anilines is 1. The number of carbonyl (C=O) groups excluding carboxylic acids is 2. The Morgan fingerprint density at radius 1 is 0.939 bits per heavy atom. The van der Waals surface area contributed by atoms with Gasteiger partial charge in [0.2, 0.25) is 10.0 Å². The van der Waals surface area contributed by atoms with Crippen LogP contribution in [0.3, 0.4) is 0 Å². The number of unbranched alkanes of at least 4 members (excludes halogenated alkanes) is 2. The van der Waals surface area contributed by atoms with E-state index < -0.39 is 10.0 Å². The quantitative estimate of drug-likeness (QED) is 0.396. The number of hydrogen-bond donors (Lipinski definition) is 3. The van der Waals surface area contributed by atoms with E-state index in [2.05, 4.69) is 16.0 Å². The molecule has 0 aliphatic heterocycles. The Bertz CT molecular complexity index is 1060. The largest absolute Gasteiger partial charge is 0.352 e. The molecule has 0 atom stereocenters. The third-order valence-corrected chi connectivity index (χ3v) is 6.81. The van der Waals surface area contributed by atoms with Gasteiger partial charge in [0, 0.05) is 25.7 Å². The first-order valence-corrected chi connectivity index (χ1v) is 13.0. The predicted molar refractivity (Wildman–Crippen MR) is 133 cm³/mol. The fourth-order valence-electron chi connectivity index (χ4n) is 3.03. The fraction of sp³-hybridized carbons (Fsp3) is 0.364. The van der Waals surface area contributed by atoms with Crippen LogP contribution in [0.15, 0.2) is 42.5 Å². The fourth-order valence-corrected chi connectivity index (χ4v) is 4.28.